The number of nitrogens with zero attached hydrogens (tertiary/aromatic N) is 2. The van der Waals surface area contributed by atoms with Crippen molar-refractivity contribution < 1.29 is 0 Å². The van der Waals surface area contributed by atoms with Gasteiger partial charge in [-0.25, -0.2) is 0 Å². The van der Waals surface area contributed by atoms with E-state index in [1.165, 1.54) is 65.7 Å². The molecule has 0 aromatic heterocycles. The molecule has 0 aliphatic carbocycles. The highest BCUT2D eigenvalue weighted by molar-refractivity contribution is 6.33. The second-order valence-corrected chi connectivity index (χ2v) is 17.2. The molecule has 0 atom stereocenters. The van der Waals surface area contributed by atoms with Gasteiger partial charge in [0.25, 0.3) is 0 Å². The summed E-state index contributed by atoms with van der Waals surface area (Å²) in [6.45, 7) is 0. The lowest BCUT2D eigenvalue weighted by molar-refractivity contribution is 1.28. The van der Waals surface area contributed by atoms with E-state index in [0.29, 0.717) is 0 Å². The summed E-state index contributed by atoms with van der Waals surface area (Å²) in [5.74, 6) is 0. The Morgan fingerprint density at radius 2 is 0.362 bits per heavy atom. The van der Waals surface area contributed by atoms with Crippen LogP contribution in [0.15, 0.2) is 279 Å². The fourth-order valence-electron chi connectivity index (χ4n) is 10.3. The Balaban J connectivity index is 0.00000520. The Bertz CT molecular complexity index is 3340. The van der Waals surface area contributed by atoms with Crippen LogP contribution in [-0.2, 0) is 0 Å². The molecule has 0 spiro atoms. The molecule has 0 aliphatic heterocycles. The number of benzene rings is 12. The van der Waals surface area contributed by atoms with Crippen molar-refractivity contribution in [1.29, 1.82) is 0 Å². The van der Waals surface area contributed by atoms with Gasteiger partial charge in [0.15, 0.2) is 0 Å². The molecule has 12 rings (SSSR count). The van der Waals surface area contributed by atoms with Gasteiger partial charge in [-0.2, -0.15) is 0 Å². The summed E-state index contributed by atoms with van der Waals surface area (Å²) < 4.78 is 0. The third-order valence-corrected chi connectivity index (χ3v) is 13.2. The van der Waals surface area contributed by atoms with E-state index >= 15 is 0 Å². The van der Waals surface area contributed by atoms with E-state index in [2.05, 4.69) is 289 Å². The van der Waals surface area contributed by atoms with Crippen molar-refractivity contribution in [2.75, 3.05) is 9.80 Å². The van der Waals surface area contributed by atoms with Gasteiger partial charge in [0, 0.05) is 34.1 Å². The van der Waals surface area contributed by atoms with Crippen molar-refractivity contribution in [3.8, 4) is 44.5 Å². The largest absolute Gasteiger partial charge is 0.311 e. The van der Waals surface area contributed by atoms with Crippen LogP contribution in [0.1, 0.15) is 7.43 Å². The molecule has 0 heterocycles. The predicted octanol–water partition coefficient (Wildman–Crippen LogP) is 19.4. The van der Waals surface area contributed by atoms with Gasteiger partial charge in [-0.1, -0.05) is 214 Å². The molecule has 2 nitrogen and oxygen atoms in total. The quantitative estimate of drug-likeness (QED) is 0.126. The van der Waals surface area contributed by atoms with Crippen LogP contribution in [0.4, 0.5) is 34.1 Å². The highest BCUT2D eigenvalue weighted by atomic mass is 15.1. The summed E-state index contributed by atoms with van der Waals surface area (Å²) in [7, 11) is 0. The van der Waals surface area contributed by atoms with Crippen LogP contribution >= 0.6 is 0 Å². The number of fused-ring (bicyclic) bond motifs is 3. The lowest BCUT2D eigenvalue weighted by atomic mass is 9.77. The molecule has 0 unspecified atom stereocenters. The van der Waals surface area contributed by atoms with Crippen molar-refractivity contribution in [1.82, 2.24) is 0 Å². The molecule has 0 aliphatic rings. The Morgan fingerprint density at radius 1 is 0.174 bits per heavy atom. The van der Waals surface area contributed by atoms with E-state index in [1.807, 2.05) is 0 Å². The zero-order valence-corrected chi connectivity index (χ0v) is 37.5. The van der Waals surface area contributed by atoms with Gasteiger partial charge < -0.3 is 9.80 Å². The lowest BCUT2D eigenvalue weighted by Gasteiger charge is -2.27. The van der Waals surface area contributed by atoms with Crippen LogP contribution in [0.25, 0.3) is 76.8 Å². The molecule has 12 aromatic carbocycles. The van der Waals surface area contributed by atoms with E-state index in [1.54, 1.807) is 0 Å². The summed E-state index contributed by atoms with van der Waals surface area (Å²) in [6, 6.07) is 101. The molecular formula is C67H50N2. The molecule has 69 heavy (non-hydrogen) atoms. The molecule has 0 amide bonds. The average molecular weight is 883 g/mol. The van der Waals surface area contributed by atoms with Crippen LogP contribution in [0.3, 0.4) is 0 Å². The lowest BCUT2D eigenvalue weighted by Crippen LogP contribution is -2.09. The maximum Gasteiger partial charge on any atom is 0.0462 e. The van der Waals surface area contributed by atoms with Gasteiger partial charge in [0.05, 0.1) is 0 Å². The van der Waals surface area contributed by atoms with Gasteiger partial charge in [0.1, 0.15) is 0 Å². The molecule has 12 aromatic rings. The van der Waals surface area contributed by atoms with Crippen molar-refractivity contribution in [3.63, 3.8) is 0 Å². The fraction of sp³-hybridized carbons (Fsp3) is 0.0149. The summed E-state index contributed by atoms with van der Waals surface area (Å²) >= 11 is 0. The molecule has 0 saturated carbocycles. The molecule has 2 heteroatoms. The smallest absolute Gasteiger partial charge is 0.0462 e. The second-order valence-electron chi connectivity index (χ2n) is 17.2. The molecular weight excluding hydrogens is 833 g/mol. The zero-order chi connectivity index (χ0) is 45.2. The van der Waals surface area contributed by atoms with Crippen LogP contribution in [-0.4, -0.2) is 0 Å². The van der Waals surface area contributed by atoms with Crippen LogP contribution in [0, 0.1) is 0 Å². The molecule has 0 saturated heterocycles. The van der Waals surface area contributed by atoms with E-state index in [-0.39, 0.29) is 7.43 Å². The molecule has 0 N–H and O–H groups in total. The van der Waals surface area contributed by atoms with Crippen LogP contribution < -0.4 is 9.80 Å². The minimum absolute atomic E-state index is 0. The Kier molecular flexibility index (Phi) is 11.6. The highest BCUT2D eigenvalue weighted by Crippen LogP contribution is 2.54. The van der Waals surface area contributed by atoms with Gasteiger partial charge in [-0.3, -0.25) is 0 Å². The second kappa shape index (κ2) is 18.7. The summed E-state index contributed by atoms with van der Waals surface area (Å²) in [6.07, 6.45) is 0. The monoisotopic (exact) mass is 882 g/mol. The Hall–Kier alpha value is -8.98. The number of para-hydroxylation sites is 4. The average Bonchev–Trinajstić information content (AvgIpc) is 3.42. The maximum atomic E-state index is 2.33. The number of hydrogen-bond acceptors (Lipinski definition) is 2. The van der Waals surface area contributed by atoms with E-state index in [4.69, 9.17) is 0 Å². The van der Waals surface area contributed by atoms with Crippen molar-refractivity contribution in [2.24, 2.45) is 0 Å². The Morgan fingerprint density at radius 3 is 0.609 bits per heavy atom. The third-order valence-electron chi connectivity index (χ3n) is 13.2. The predicted molar refractivity (Wildman–Crippen MR) is 297 cm³/mol. The molecule has 0 bridgehead atoms. The van der Waals surface area contributed by atoms with E-state index in [9.17, 15) is 0 Å². The number of hydrogen-bond donors (Lipinski definition) is 0. The minimum atomic E-state index is 0. The zero-order valence-electron chi connectivity index (χ0n) is 37.5. The van der Waals surface area contributed by atoms with Crippen LogP contribution in [0.5, 0.6) is 0 Å². The maximum absolute atomic E-state index is 2.33. The normalized spacial score (nSPS) is 11.1. The summed E-state index contributed by atoms with van der Waals surface area (Å²) in [5, 5.41) is 7.32. The van der Waals surface area contributed by atoms with Gasteiger partial charge in [-0.15, -0.1) is 0 Å². The van der Waals surface area contributed by atoms with E-state index < -0.39 is 0 Å². The molecule has 328 valence electrons. The van der Waals surface area contributed by atoms with Gasteiger partial charge in [-0.05, 0) is 150 Å². The van der Waals surface area contributed by atoms with Crippen molar-refractivity contribution in [3.05, 3.63) is 279 Å². The summed E-state index contributed by atoms with van der Waals surface area (Å²) in [5.41, 5.74) is 16.2. The first-order valence-electron chi connectivity index (χ1n) is 23.4. The van der Waals surface area contributed by atoms with E-state index in [0.717, 1.165) is 45.3 Å². The SMILES string of the molecule is C.c1ccc(-c2c3ccccc3c(-c3ccccc3)c3c(-c4ccc(N(c5ccccc5)c5ccccc5)cc4)c4ccccc4c(-c4ccc(N(c5ccccc5)c5ccccc5)cc4)c23)cc1. The number of rotatable bonds is 10. The third kappa shape index (κ3) is 7.78. The van der Waals surface area contributed by atoms with Gasteiger partial charge in [0.2, 0.25) is 0 Å². The first-order chi connectivity index (χ1) is 33.8. The van der Waals surface area contributed by atoms with Crippen molar-refractivity contribution >= 4 is 66.4 Å². The topological polar surface area (TPSA) is 6.48 Å². The highest BCUT2D eigenvalue weighted by Gasteiger charge is 2.26. The first kappa shape index (κ1) is 42.6. The summed E-state index contributed by atoms with van der Waals surface area (Å²) in [4.78, 5) is 4.67. The fourth-order valence-corrected chi connectivity index (χ4v) is 10.3. The van der Waals surface area contributed by atoms with Crippen LogP contribution in [0.2, 0.25) is 0 Å². The minimum Gasteiger partial charge on any atom is -0.311 e. The van der Waals surface area contributed by atoms with Gasteiger partial charge >= 0.3 is 0 Å². The van der Waals surface area contributed by atoms with Crippen molar-refractivity contribution in [2.45, 2.75) is 7.43 Å². The molecule has 0 radical (unpaired) electrons. The number of anilines is 6. The standard InChI is InChI=1S/C66H46N2.CH4/c1-7-23-47(24-8-1)61-57-35-19-20-36-58(57)62(48-25-9-2-10-26-48)66-64(50-41-45-56(46-42-50)68(53-31-15-5-16-32-53)54-33-17-6-18-34-54)60-38-22-21-37-59(60)63(65(61)66)49-39-43-55(44-40-49)67(51-27-11-3-12-28-51)52-29-13-4-14-30-52;/h1-46H;1H4. The molecule has 0 fully saturated rings. The Labute approximate surface area is 405 Å². The first-order valence-corrected chi connectivity index (χ1v) is 23.4.